The van der Waals surface area contributed by atoms with Gasteiger partial charge in [0.2, 0.25) is 0 Å². The molecule has 0 aliphatic rings. The van der Waals surface area contributed by atoms with E-state index in [0.717, 1.165) is 5.01 Å². The van der Waals surface area contributed by atoms with Crippen molar-refractivity contribution in [1.82, 2.24) is 14.8 Å². The minimum Gasteiger partial charge on any atom is -0.434 e. The second-order valence-electron chi connectivity index (χ2n) is 6.76. The van der Waals surface area contributed by atoms with Crippen LogP contribution in [0.15, 0.2) is 5.38 Å². The van der Waals surface area contributed by atoms with Crippen molar-refractivity contribution in [3.8, 4) is 6.07 Å². The Balaban J connectivity index is 2.69. The Kier molecular flexibility index (Phi) is 6.29. The third-order valence-corrected chi connectivity index (χ3v) is 5.27. The molecule has 27 heavy (non-hydrogen) atoms. The van der Waals surface area contributed by atoms with Crippen LogP contribution in [0, 0.1) is 18.3 Å². The van der Waals surface area contributed by atoms with Gasteiger partial charge in [0.05, 0.1) is 28.6 Å². The lowest BCUT2D eigenvalue weighted by Gasteiger charge is -2.14. The minimum atomic E-state index is -0.925. The van der Waals surface area contributed by atoms with Gasteiger partial charge in [-0.1, -0.05) is 32.4 Å². The molecule has 0 atom stereocenters. The standard InChI is InChI=1S/C18H21ClN4O3S/c1-7-25-17(24)26-14(13-10(2)22-23(6)15(13)19)11(8-20)12-9-27-16(21-12)18(3,4)5/h9H,7H2,1-6H3. The van der Waals surface area contributed by atoms with Gasteiger partial charge in [0, 0.05) is 17.8 Å². The summed E-state index contributed by atoms with van der Waals surface area (Å²) in [6.45, 7) is 9.61. The molecule has 0 aromatic carbocycles. The van der Waals surface area contributed by atoms with Crippen LogP contribution in [-0.2, 0) is 21.9 Å². The third-order valence-electron chi connectivity index (χ3n) is 3.57. The molecular formula is C18H21ClN4O3S. The summed E-state index contributed by atoms with van der Waals surface area (Å²) >= 11 is 7.78. The van der Waals surface area contributed by atoms with E-state index in [9.17, 15) is 10.1 Å². The zero-order chi connectivity index (χ0) is 20.4. The van der Waals surface area contributed by atoms with Crippen molar-refractivity contribution >= 4 is 40.4 Å². The van der Waals surface area contributed by atoms with Crippen molar-refractivity contribution in [2.24, 2.45) is 7.05 Å². The first-order valence-corrected chi connectivity index (χ1v) is 9.50. The highest BCUT2D eigenvalue weighted by Gasteiger charge is 2.27. The first-order chi connectivity index (χ1) is 12.6. The molecule has 2 aromatic heterocycles. The lowest BCUT2D eigenvalue weighted by Crippen LogP contribution is -2.11. The molecule has 0 N–H and O–H groups in total. The van der Waals surface area contributed by atoms with Crippen molar-refractivity contribution in [3.05, 3.63) is 32.5 Å². The van der Waals surface area contributed by atoms with Gasteiger partial charge >= 0.3 is 6.16 Å². The zero-order valence-electron chi connectivity index (χ0n) is 16.1. The first kappa shape index (κ1) is 20.9. The number of carbonyl (C=O) groups is 1. The molecule has 0 aliphatic heterocycles. The number of allylic oxidation sites excluding steroid dienone is 1. The Hall–Kier alpha value is -2.37. The Morgan fingerprint density at radius 2 is 2.11 bits per heavy atom. The van der Waals surface area contributed by atoms with Crippen molar-refractivity contribution in [2.45, 2.75) is 40.0 Å². The van der Waals surface area contributed by atoms with E-state index < -0.39 is 6.16 Å². The summed E-state index contributed by atoms with van der Waals surface area (Å²) < 4.78 is 11.7. The van der Waals surface area contributed by atoms with E-state index in [1.165, 1.54) is 16.0 Å². The Morgan fingerprint density at radius 1 is 1.44 bits per heavy atom. The van der Waals surface area contributed by atoms with Crippen LogP contribution in [-0.4, -0.2) is 27.5 Å². The largest absolute Gasteiger partial charge is 0.513 e. The highest BCUT2D eigenvalue weighted by Crippen LogP contribution is 2.35. The summed E-state index contributed by atoms with van der Waals surface area (Å²) in [6.07, 6.45) is -0.925. The predicted octanol–water partition coefficient (Wildman–Crippen LogP) is 4.70. The predicted molar refractivity (Wildman–Crippen MR) is 104 cm³/mol. The van der Waals surface area contributed by atoms with Crippen molar-refractivity contribution < 1.29 is 14.3 Å². The maximum Gasteiger partial charge on any atom is 0.513 e. The average molecular weight is 409 g/mol. The van der Waals surface area contributed by atoms with E-state index in [4.69, 9.17) is 21.1 Å². The van der Waals surface area contributed by atoms with Crippen LogP contribution in [0.2, 0.25) is 5.15 Å². The van der Waals surface area contributed by atoms with Gasteiger partial charge in [0.1, 0.15) is 16.8 Å². The number of hydrogen-bond donors (Lipinski definition) is 0. The number of aromatic nitrogens is 3. The van der Waals surface area contributed by atoms with Gasteiger partial charge in [0.25, 0.3) is 0 Å². The van der Waals surface area contributed by atoms with Crippen molar-refractivity contribution in [3.63, 3.8) is 0 Å². The number of thiazole rings is 1. The number of nitrogens with zero attached hydrogens (tertiary/aromatic N) is 4. The maximum absolute atomic E-state index is 12.0. The molecule has 0 aliphatic carbocycles. The summed E-state index contributed by atoms with van der Waals surface area (Å²) in [6, 6.07) is 2.09. The minimum absolute atomic E-state index is 0.0164. The fourth-order valence-corrected chi connectivity index (χ4v) is 3.46. The second kappa shape index (κ2) is 8.11. The Morgan fingerprint density at radius 3 is 2.56 bits per heavy atom. The molecule has 0 radical (unpaired) electrons. The highest BCUT2D eigenvalue weighted by molar-refractivity contribution is 7.10. The fourth-order valence-electron chi connectivity index (χ4n) is 2.30. The van der Waals surface area contributed by atoms with Gasteiger partial charge in [-0.3, -0.25) is 4.68 Å². The number of carbonyl (C=O) groups excluding carboxylic acids is 1. The number of rotatable bonds is 4. The zero-order valence-corrected chi connectivity index (χ0v) is 17.7. The second-order valence-corrected chi connectivity index (χ2v) is 7.98. The summed E-state index contributed by atoms with van der Waals surface area (Å²) in [5.41, 5.74) is 1.20. The van der Waals surface area contributed by atoms with Crippen LogP contribution in [0.3, 0.4) is 0 Å². The quantitative estimate of drug-likeness (QED) is 0.413. The maximum atomic E-state index is 12.0. The Bertz CT molecular complexity index is 932. The van der Waals surface area contributed by atoms with Crippen LogP contribution in [0.4, 0.5) is 4.79 Å². The third kappa shape index (κ3) is 4.49. The molecular weight excluding hydrogens is 388 g/mol. The van der Waals surface area contributed by atoms with E-state index in [2.05, 4.69) is 16.2 Å². The van der Waals surface area contributed by atoms with Gasteiger partial charge in [-0.25, -0.2) is 9.78 Å². The molecule has 0 amide bonds. The van der Waals surface area contributed by atoms with Gasteiger partial charge in [-0.05, 0) is 13.8 Å². The first-order valence-electron chi connectivity index (χ1n) is 8.25. The number of nitriles is 1. The molecule has 0 saturated heterocycles. The molecule has 2 heterocycles. The van der Waals surface area contributed by atoms with E-state index in [0.29, 0.717) is 17.0 Å². The summed E-state index contributed by atoms with van der Waals surface area (Å²) in [7, 11) is 1.66. The SMILES string of the molecule is CCOC(=O)OC(=C(C#N)c1csc(C(C)(C)C)n1)c1c(C)nn(C)c1Cl. The van der Waals surface area contributed by atoms with Gasteiger partial charge in [-0.2, -0.15) is 10.4 Å². The van der Waals surface area contributed by atoms with E-state index in [1.54, 1.807) is 26.3 Å². The lowest BCUT2D eigenvalue weighted by molar-refractivity contribution is 0.0955. The summed E-state index contributed by atoms with van der Waals surface area (Å²) in [5.74, 6) is -0.0164. The average Bonchev–Trinajstić information content (AvgIpc) is 3.13. The fraction of sp³-hybridized carbons (Fsp3) is 0.444. The van der Waals surface area contributed by atoms with Crippen LogP contribution < -0.4 is 0 Å². The molecule has 0 unspecified atom stereocenters. The molecule has 9 heteroatoms. The number of hydrogen-bond acceptors (Lipinski definition) is 7. The molecule has 0 bridgehead atoms. The van der Waals surface area contributed by atoms with Crippen LogP contribution in [0.25, 0.3) is 11.3 Å². The molecule has 2 aromatic rings. The monoisotopic (exact) mass is 408 g/mol. The summed E-state index contributed by atoms with van der Waals surface area (Å²) in [5, 5.41) is 16.9. The van der Waals surface area contributed by atoms with E-state index >= 15 is 0 Å². The van der Waals surface area contributed by atoms with Crippen LogP contribution in [0.5, 0.6) is 0 Å². The van der Waals surface area contributed by atoms with Crippen LogP contribution >= 0.6 is 22.9 Å². The van der Waals surface area contributed by atoms with E-state index in [-0.39, 0.29) is 28.5 Å². The normalized spacial score (nSPS) is 12.4. The van der Waals surface area contributed by atoms with E-state index in [1.807, 2.05) is 20.8 Å². The molecule has 0 saturated carbocycles. The molecule has 7 nitrogen and oxygen atoms in total. The number of ether oxygens (including phenoxy) is 2. The lowest BCUT2D eigenvalue weighted by atomic mass is 9.98. The van der Waals surface area contributed by atoms with Crippen LogP contribution in [0.1, 0.15) is 49.7 Å². The van der Waals surface area contributed by atoms with Crippen molar-refractivity contribution in [1.29, 1.82) is 5.26 Å². The molecule has 0 fully saturated rings. The van der Waals surface area contributed by atoms with Gasteiger partial charge < -0.3 is 9.47 Å². The number of aryl methyl sites for hydroxylation is 2. The van der Waals surface area contributed by atoms with Crippen molar-refractivity contribution in [2.75, 3.05) is 6.61 Å². The smallest absolute Gasteiger partial charge is 0.434 e. The topological polar surface area (TPSA) is 90.0 Å². The van der Waals surface area contributed by atoms with Gasteiger partial charge in [0.15, 0.2) is 5.76 Å². The Labute approximate surface area is 167 Å². The highest BCUT2D eigenvalue weighted by atomic mass is 35.5. The molecule has 144 valence electrons. The number of halogens is 1. The molecule has 2 rings (SSSR count). The molecule has 0 spiro atoms. The summed E-state index contributed by atoms with van der Waals surface area (Å²) in [4.78, 5) is 16.6. The van der Waals surface area contributed by atoms with Gasteiger partial charge in [-0.15, -0.1) is 11.3 Å².